The maximum atomic E-state index is 11.6. The first kappa shape index (κ1) is 12.0. The van der Waals surface area contributed by atoms with Crippen molar-refractivity contribution < 1.29 is 9.90 Å². The number of H-pyrrole nitrogens is 1. The van der Waals surface area contributed by atoms with E-state index in [1.54, 1.807) is 10.6 Å². The van der Waals surface area contributed by atoms with Crippen molar-refractivity contribution in [3.8, 4) is 0 Å². The lowest BCUT2D eigenvalue weighted by atomic mass is 10.4. The lowest BCUT2D eigenvalue weighted by Gasteiger charge is -2.03. The lowest BCUT2D eigenvalue weighted by Crippen LogP contribution is -2.16. The largest absolute Gasteiger partial charge is 0.477 e. The number of aromatic amines is 1. The van der Waals surface area contributed by atoms with Gasteiger partial charge < -0.3 is 5.11 Å². The van der Waals surface area contributed by atoms with Crippen LogP contribution in [0.1, 0.15) is 29.4 Å². The Kier molecular flexibility index (Phi) is 2.86. The van der Waals surface area contributed by atoms with Crippen LogP contribution in [0.4, 0.5) is 0 Å². The fraction of sp³-hybridized carbons (Fsp3) is 0.273. The highest BCUT2D eigenvalue weighted by atomic mass is 32.2. The van der Waals surface area contributed by atoms with E-state index in [0.29, 0.717) is 5.16 Å². The van der Waals surface area contributed by atoms with Gasteiger partial charge in [-0.25, -0.2) is 19.7 Å². The molecule has 0 amide bonds. The zero-order valence-electron chi connectivity index (χ0n) is 9.74. The summed E-state index contributed by atoms with van der Waals surface area (Å²) < 4.78 is 1.63. The second kappa shape index (κ2) is 4.54. The van der Waals surface area contributed by atoms with Crippen molar-refractivity contribution in [2.75, 3.05) is 0 Å². The standard InChI is InChI=1S/C11H10N4O3S/c16-9(17)8-4-3-7(5-12-8)19-11-14-13-10(18)15(11)6-1-2-6/h3-6H,1-2H2,(H,13,18)(H,16,17). The first-order chi connectivity index (χ1) is 9.15. The van der Waals surface area contributed by atoms with Gasteiger partial charge in [0.2, 0.25) is 0 Å². The van der Waals surface area contributed by atoms with Gasteiger partial charge in [-0.05, 0) is 36.7 Å². The Labute approximate surface area is 111 Å². The summed E-state index contributed by atoms with van der Waals surface area (Å²) >= 11 is 1.29. The topological polar surface area (TPSA) is 101 Å². The minimum absolute atomic E-state index is 0.00837. The number of aromatic nitrogens is 4. The third-order valence-electron chi connectivity index (χ3n) is 2.75. The molecule has 2 N–H and O–H groups in total. The molecule has 98 valence electrons. The fourth-order valence-electron chi connectivity index (χ4n) is 1.69. The number of carbonyl (C=O) groups is 1. The van der Waals surface area contributed by atoms with Crippen LogP contribution in [-0.4, -0.2) is 30.8 Å². The summed E-state index contributed by atoms with van der Waals surface area (Å²) in [6, 6.07) is 3.31. The summed E-state index contributed by atoms with van der Waals surface area (Å²) in [5, 5.41) is 15.7. The first-order valence-corrected chi connectivity index (χ1v) is 6.51. The van der Waals surface area contributed by atoms with Crippen LogP contribution in [0.15, 0.2) is 33.2 Å². The van der Waals surface area contributed by atoms with Gasteiger partial charge in [0, 0.05) is 17.1 Å². The lowest BCUT2D eigenvalue weighted by molar-refractivity contribution is 0.0690. The predicted molar refractivity (Wildman–Crippen MR) is 66.4 cm³/mol. The van der Waals surface area contributed by atoms with E-state index in [1.807, 2.05) is 0 Å². The molecule has 0 aliphatic heterocycles. The maximum absolute atomic E-state index is 11.6. The second-order valence-electron chi connectivity index (χ2n) is 4.20. The molecule has 0 bridgehead atoms. The molecule has 0 aromatic carbocycles. The number of carboxylic acid groups (broad SMARTS) is 1. The van der Waals surface area contributed by atoms with Crippen molar-refractivity contribution in [3.05, 3.63) is 34.5 Å². The highest BCUT2D eigenvalue weighted by Crippen LogP contribution is 2.37. The van der Waals surface area contributed by atoms with Crippen LogP contribution < -0.4 is 5.69 Å². The molecule has 0 atom stereocenters. The molecule has 8 heteroatoms. The zero-order chi connectivity index (χ0) is 13.4. The Morgan fingerprint density at radius 1 is 1.47 bits per heavy atom. The van der Waals surface area contributed by atoms with E-state index in [9.17, 15) is 9.59 Å². The molecule has 1 aliphatic carbocycles. The van der Waals surface area contributed by atoms with Gasteiger partial charge in [0.25, 0.3) is 0 Å². The molecule has 2 heterocycles. The van der Waals surface area contributed by atoms with Gasteiger partial charge in [0.05, 0.1) is 0 Å². The molecule has 0 saturated heterocycles. The molecule has 2 aromatic heterocycles. The number of aromatic carboxylic acids is 1. The first-order valence-electron chi connectivity index (χ1n) is 5.69. The SMILES string of the molecule is O=C(O)c1ccc(Sc2n[nH]c(=O)n2C2CC2)cn1. The Morgan fingerprint density at radius 3 is 2.84 bits per heavy atom. The summed E-state index contributed by atoms with van der Waals surface area (Å²) in [5.74, 6) is -1.06. The van der Waals surface area contributed by atoms with Crippen LogP contribution >= 0.6 is 11.8 Å². The van der Waals surface area contributed by atoms with Crippen LogP contribution in [-0.2, 0) is 0 Å². The highest BCUT2D eigenvalue weighted by Gasteiger charge is 2.28. The van der Waals surface area contributed by atoms with E-state index >= 15 is 0 Å². The van der Waals surface area contributed by atoms with E-state index in [4.69, 9.17) is 5.11 Å². The van der Waals surface area contributed by atoms with E-state index in [0.717, 1.165) is 17.7 Å². The summed E-state index contributed by atoms with van der Waals surface area (Å²) in [5.41, 5.74) is -0.217. The third-order valence-corrected chi connectivity index (χ3v) is 3.70. The Hall–Kier alpha value is -2.09. The van der Waals surface area contributed by atoms with E-state index in [2.05, 4.69) is 15.2 Å². The van der Waals surface area contributed by atoms with Crippen molar-refractivity contribution in [2.24, 2.45) is 0 Å². The zero-order valence-corrected chi connectivity index (χ0v) is 10.6. The molecule has 2 aromatic rings. The number of pyridine rings is 1. The summed E-state index contributed by atoms with van der Waals surface area (Å²) in [7, 11) is 0. The van der Waals surface area contributed by atoms with Crippen molar-refractivity contribution >= 4 is 17.7 Å². The van der Waals surface area contributed by atoms with Gasteiger partial charge in [-0.2, -0.15) is 0 Å². The molecule has 0 spiro atoms. The molecule has 7 nitrogen and oxygen atoms in total. The van der Waals surface area contributed by atoms with Crippen molar-refractivity contribution in [1.29, 1.82) is 0 Å². The van der Waals surface area contributed by atoms with E-state index in [-0.39, 0.29) is 17.4 Å². The van der Waals surface area contributed by atoms with Crippen LogP contribution in [0, 0.1) is 0 Å². The van der Waals surface area contributed by atoms with Gasteiger partial charge in [-0.1, -0.05) is 0 Å². The fourth-order valence-corrected chi connectivity index (χ4v) is 2.56. The van der Waals surface area contributed by atoms with Gasteiger partial charge in [-0.3, -0.25) is 4.57 Å². The summed E-state index contributed by atoms with van der Waals surface area (Å²) in [6.07, 6.45) is 3.44. The average molecular weight is 278 g/mol. The molecule has 1 fully saturated rings. The molecule has 1 saturated carbocycles. The Bertz CT molecular complexity index is 672. The van der Waals surface area contributed by atoms with Crippen molar-refractivity contribution in [3.63, 3.8) is 0 Å². The van der Waals surface area contributed by atoms with Crippen molar-refractivity contribution in [1.82, 2.24) is 19.7 Å². The van der Waals surface area contributed by atoms with Gasteiger partial charge in [0.15, 0.2) is 5.16 Å². The molecular formula is C11H10N4O3S. The smallest absolute Gasteiger partial charge is 0.354 e. The quantitative estimate of drug-likeness (QED) is 0.870. The number of rotatable bonds is 4. The molecule has 0 radical (unpaired) electrons. The van der Waals surface area contributed by atoms with Gasteiger partial charge >= 0.3 is 11.7 Å². The third kappa shape index (κ3) is 2.39. The van der Waals surface area contributed by atoms with E-state index < -0.39 is 5.97 Å². The number of nitrogens with zero attached hydrogens (tertiary/aromatic N) is 3. The predicted octanol–water partition coefficient (Wildman–Crippen LogP) is 1.15. The number of hydrogen-bond donors (Lipinski definition) is 2. The minimum atomic E-state index is -1.06. The Morgan fingerprint density at radius 2 is 2.26 bits per heavy atom. The Balaban J connectivity index is 1.85. The minimum Gasteiger partial charge on any atom is -0.477 e. The highest BCUT2D eigenvalue weighted by molar-refractivity contribution is 7.99. The van der Waals surface area contributed by atoms with Crippen LogP contribution in [0.2, 0.25) is 0 Å². The van der Waals surface area contributed by atoms with Gasteiger partial charge in [-0.15, -0.1) is 5.10 Å². The molecule has 3 rings (SSSR count). The average Bonchev–Trinajstić information content (AvgIpc) is 3.16. The second-order valence-corrected chi connectivity index (χ2v) is 5.24. The number of nitrogens with one attached hydrogen (secondary N) is 1. The van der Waals surface area contributed by atoms with Crippen LogP contribution in [0.25, 0.3) is 0 Å². The molecule has 19 heavy (non-hydrogen) atoms. The number of hydrogen-bond acceptors (Lipinski definition) is 5. The van der Waals surface area contributed by atoms with E-state index in [1.165, 1.54) is 24.0 Å². The van der Waals surface area contributed by atoms with Crippen LogP contribution in [0.3, 0.4) is 0 Å². The maximum Gasteiger partial charge on any atom is 0.354 e. The summed E-state index contributed by atoms with van der Waals surface area (Å²) in [4.78, 5) is 26.9. The van der Waals surface area contributed by atoms with Crippen molar-refractivity contribution in [2.45, 2.75) is 28.9 Å². The molecule has 0 unspecified atom stereocenters. The summed E-state index contributed by atoms with van der Waals surface area (Å²) in [6.45, 7) is 0. The molecular weight excluding hydrogens is 268 g/mol. The normalized spacial score (nSPS) is 14.5. The van der Waals surface area contributed by atoms with Gasteiger partial charge in [0.1, 0.15) is 5.69 Å². The number of carboxylic acids is 1. The van der Waals surface area contributed by atoms with Crippen LogP contribution in [0.5, 0.6) is 0 Å². The molecule has 1 aliphatic rings. The monoisotopic (exact) mass is 278 g/mol.